The minimum atomic E-state index is -0.381. The van der Waals surface area contributed by atoms with Crippen LogP contribution in [0.3, 0.4) is 0 Å². The van der Waals surface area contributed by atoms with Gasteiger partial charge >= 0.3 is 5.69 Å². The lowest BCUT2D eigenvalue weighted by atomic mass is 10.0. The predicted octanol–water partition coefficient (Wildman–Crippen LogP) is 1.98. The summed E-state index contributed by atoms with van der Waals surface area (Å²) in [6.07, 6.45) is 1.93. The van der Waals surface area contributed by atoms with E-state index >= 15 is 0 Å². The Kier molecular flexibility index (Phi) is 3.28. The summed E-state index contributed by atoms with van der Waals surface area (Å²) < 4.78 is 5.09. The lowest BCUT2D eigenvalue weighted by molar-refractivity contribution is -0.385. The quantitative estimate of drug-likeness (QED) is 0.582. The number of hydrogen-bond donors (Lipinski definition) is 0. The number of ether oxygens (including phenoxy) is 1. The van der Waals surface area contributed by atoms with Crippen LogP contribution in [0.25, 0.3) is 0 Å². The van der Waals surface area contributed by atoms with E-state index in [-0.39, 0.29) is 10.6 Å². The van der Waals surface area contributed by atoms with Crippen molar-refractivity contribution in [2.45, 2.75) is 19.4 Å². The Morgan fingerprint density at radius 3 is 2.82 bits per heavy atom. The van der Waals surface area contributed by atoms with Gasteiger partial charge in [0, 0.05) is 12.6 Å². The number of fused-ring (bicyclic) bond motifs is 1. The third kappa shape index (κ3) is 2.39. The molecule has 0 fully saturated rings. The van der Waals surface area contributed by atoms with Crippen molar-refractivity contribution in [2.75, 3.05) is 20.7 Å². The Bertz CT molecular complexity index is 446. The molecule has 5 heteroatoms. The highest BCUT2D eigenvalue weighted by Gasteiger charge is 2.20. The summed E-state index contributed by atoms with van der Waals surface area (Å²) in [5.74, 6) is 0.351. The molecule has 0 aromatic heterocycles. The van der Waals surface area contributed by atoms with Crippen molar-refractivity contribution in [3.63, 3.8) is 0 Å². The van der Waals surface area contributed by atoms with E-state index in [0.717, 1.165) is 37.1 Å². The van der Waals surface area contributed by atoms with E-state index in [9.17, 15) is 10.1 Å². The fourth-order valence-electron chi connectivity index (χ4n) is 2.25. The van der Waals surface area contributed by atoms with Gasteiger partial charge in [-0.1, -0.05) is 0 Å². The molecular formula is C12H16N2O3. The second-order valence-corrected chi connectivity index (χ2v) is 4.39. The third-order valence-electron chi connectivity index (χ3n) is 3.12. The predicted molar refractivity (Wildman–Crippen MR) is 64.3 cm³/mol. The number of nitrogens with zero attached hydrogens (tertiary/aromatic N) is 2. The van der Waals surface area contributed by atoms with Gasteiger partial charge in [0.25, 0.3) is 0 Å². The van der Waals surface area contributed by atoms with Crippen LogP contribution < -0.4 is 4.74 Å². The Balaban J connectivity index is 2.48. The van der Waals surface area contributed by atoms with Crippen LogP contribution in [0.2, 0.25) is 0 Å². The number of rotatable bonds is 2. The summed E-state index contributed by atoms with van der Waals surface area (Å²) in [7, 11) is 3.53. The monoisotopic (exact) mass is 236 g/mol. The molecule has 1 aliphatic heterocycles. The van der Waals surface area contributed by atoms with Crippen LogP contribution in [-0.2, 0) is 13.0 Å². The van der Waals surface area contributed by atoms with E-state index in [4.69, 9.17) is 4.74 Å². The zero-order chi connectivity index (χ0) is 12.4. The molecular weight excluding hydrogens is 220 g/mol. The highest BCUT2D eigenvalue weighted by molar-refractivity contribution is 5.52. The van der Waals surface area contributed by atoms with E-state index in [1.165, 1.54) is 7.11 Å². The maximum atomic E-state index is 10.9. The first-order valence-electron chi connectivity index (χ1n) is 5.64. The van der Waals surface area contributed by atoms with Crippen LogP contribution in [-0.4, -0.2) is 30.5 Å². The van der Waals surface area contributed by atoms with Gasteiger partial charge in [0.1, 0.15) is 0 Å². The molecule has 1 aromatic rings. The standard InChI is InChI=1S/C12H16N2O3/c1-13-5-3-4-9-6-11(14(15)16)12(17-2)7-10(9)8-13/h6-7H,3-5,8H2,1-2H3. The lowest BCUT2D eigenvalue weighted by Gasteiger charge is -2.14. The molecule has 1 aromatic carbocycles. The molecule has 0 aliphatic carbocycles. The van der Waals surface area contributed by atoms with Crippen molar-refractivity contribution >= 4 is 5.69 Å². The van der Waals surface area contributed by atoms with Crippen LogP contribution >= 0.6 is 0 Å². The van der Waals surface area contributed by atoms with E-state index in [1.54, 1.807) is 12.1 Å². The van der Waals surface area contributed by atoms with E-state index in [1.807, 2.05) is 0 Å². The van der Waals surface area contributed by atoms with Gasteiger partial charge in [-0.2, -0.15) is 0 Å². The number of hydrogen-bond acceptors (Lipinski definition) is 4. The summed E-state index contributed by atoms with van der Waals surface area (Å²) in [5, 5.41) is 10.9. The van der Waals surface area contributed by atoms with Crippen molar-refractivity contribution in [2.24, 2.45) is 0 Å². The first-order valence-corrected chi connectivity index (χ1v) is 5.64. The van der Waals surface area contributed by atoms with Gasteiger partial charge in [0.05, 0.1) is 12.0 Å². The lowest BCUT2D eigenvalue weighted by Crippen LogP contribution is -2.17. The summed E-state index contributed by atoms with van der Waals surface area (Å²) in [5.41, 5.74) is 2.27. The summed E-state index contributed by atoms with van der Waals surface area (Å²) in [6, 6.07) is 3.46. The number of nitro groups is 1. The molecule has 0 N–H and O–H groups in total. The van der Waals surface area contributed by atoms with Gasteiger partial charge in [-0.3, -0.25) is 10.1 Å². The Hall–Kier alpha value is -1.62. The first-order chi connectivity index (χ1) is 8.11. The molecule has 17 heavy (non-hydrogen) atoms. The molecule has 0 radical (unpaired) electrons. The molecule has 0 bridgehead atoms. The smallest absolute Gasteiger partial charge is 0.311 e. The minimum Gasteiger partial charge on any atom is -0.490 e. The molecule has 1 heterocycles. The third-order valence-corrected chi connectivity index (χ3v) is 3.12. The second kappa shape index (κ2) is 4.71. The maximum absolute atomic E-state index is 10.9. The van der Waals surface area contributed by atoms with Crippen molar-refractivity contribution in [1.29, 1.82) is 0 Å². The van der Waals surface area contributed by atoms with Crippen LogP contribution in [0, 0.1) is 10.1 Å². The van der Waals surface area contributed by atoms with Crippen LogP contribution in [0.4, 0.5) is 5.69 Å². The molecule has 2 rings (SSSR count). The molecule has 0 saturated carbocycles. The molecule has 92 valence electrons. The van der Waals surface area contributed by atoms with E-state index in [0.29, 0.717) is 5.75 Å². The molecule has 5 nitrogen and oxygen atoms in total. The SMILES string of the molecule is COc1cc2c(cc1[N+](=O)[O-])CCCN(C)C2. The Morgan fingerprint density at radius 1 is 1.41 bits per heavy atom. The normalized spacial score (nSPS) is 16.1. The zero-order valence-corrected chi connectivity index (χ0v) is 10.1. The average molecular weight is 236 g/mol. The Labute approximate surface area is 100 Å². The minimum absolute atomic E-state index is 0.0656. The van der Waals surface area contributed by atoms with Gasteiger partial charge in [-0.05, 0) is 43.6 Å². The van der Waals surface area contributed by atoms with E-state index < -0.39 is 0 Å². The maximum Gasteiger partial charge on any atom is 0.311 e. The van der Waals surface area contributed by atoms with Gasteiger partial charge < -0.3 is 9.64 Å². The first kappa shape index (κ1) is 11.9. The largest absolute Gasteiger partial charge is 0.490 e. The van der Waals surface area contributed by atoms with Gasteiger partial charge in [-0.15, -0.1) is 0 Å². The van der Waals surface area contributed by atoms with Crippen molar-refractivity contribution in [3.05, 3.63) is 33.4 Å². The Morgan fingerprint density at radius 2 is 2.18 bits per heavy atom. The van der Waals surface area contributed by atoms with E-state index in [2.05, 4.69) is 11.9 Å². The molecule has 0 atom stereocenters. The van der Waals surface area contributed by atoms with Crippen molar-refractivity contribution < 1.29 is 9.66 Å². The fourth-order valence-corrected chi connectivity index (χ4v) is 2.25. The second-order valence-electron chi connectivity index (χ2n) is 4.39. The average Bonchev–Trinajstić information content (AvgIpc) is 2.47. The molecule has 0 saturated heterocycles. The molecule has 0 amide bonds. The number of methoxy groups -OCH3 is 1. The topological polar surface area (TPSA) is 55.6 Å². The number of aryl methyl sites for hydroxylation is 1. The number of benzene rings is 1. The van der Waals surface area contributed by atoms with Crippen molar-refractivity contribution in [1.82, 2.24) is 4.90 Å². The summed E-state index contributed by atoms with van der Waals surface area (Å²) >= 11 is 0. The highest BCUT2D eigenvalue weighted by Crippen LogP contribution is 2.32. The molecule has 1 aliphatic rings. The van der Waals surface area contributed by atoms with Gasteiger partial charge in [-0.25, -0.2) is 0 Å². The van der Waals surface area contributed by atoms with Gasteiger partial charge in [0.2, 0.25) is 0 Å². The summed E-state index contributed by atoms with van der Waals surface area (Å²) in [6.45, 7) is 1.84. The van der Waals surface area contributed by atoms with Crippen LogP contribution in [0.1, 0.15) is 17.5 Å². The molecule has 0 unspecified atom stereocenters. The van der Waals surface area contributed by atoms with Crippen LogP contribution in [0.5, 0.6) is 5.75 Å². The van der Waals surface area contributed by atoms with Gasteiger partial charge in [0.15, 0.2) is 5.75 Å². The van der Waals surface area contributed by atoms with Crippen molar-refractivity contribution in [3.8, 4) is 5.75 Å². The molecule has 0 spiro atoms. The number of nitro benzene ring substituents is 1. The fraction of sp³-hybridized carbons (Fsp3) is 0.500. The highest BCUT2D eigenvalue weighted by atomic mass is 16.6. The van der Waals surface area contributed by atoms with Crippen LogP contribution in [0.15, 0.2) is 12.1 Å². The summed E-state index contributed by atoms with van der Waals surface area (Å²) in [4.78, 5) is 12.8. The zero-order valence-electron chi connectivity index (χ0n) is 10.1.